The molecule has 108 valence electrons. The number of hydrogen-bond acceptors (Lipinski definition) is 3. The highest BCUT2D eigenvalue weighted by atomic mass is 15.3. The Morgan fingerprint density at radius 1 is 1.30 bits per heavy atom. The number of rotatable bonds is 6. The van der Waals surface area contributed by atoms with Gasteiger partial charge in [0.25, 0.3) is 0 Å². The van der Waals surface area contributed by atoms with Gasteiger partial charge in [0, 0.05) is 19.0 Å². The van der Waals surface area contributed by atoms with Gasteiger partial charge in [0.1, 0.15) is 12.2 Å². The first-order chi connectivity index (χ1) is 9.65. The van der Waals surface area contributed by atoms with Gasteiger partial charge in [-0.25, -0.2) is 4.98 Å². The number of benzene rings is 1. The van der Waals surface area contributed by atoms with E-state index in [2.05, 4.69) is 54.4 Å². The van der Waals surface area contributed by atoms with E-state index in [-0.39, 0.29) is 6.04 Å². The van der Waals surface area contributed by atoms with E-state index in [9.17, 15) is 0 Å². The van der Waals surface area contributed by atoms with Gasteiger partial charge in [-0.2, -0.15) is 5.10 Å². The maximum absolute atomic E-state index is 4.41. The Hall–Kier alpha value is -1.68. The van der Waals surface area contributed by atoms with Crippen molar-refractivity contribution in [1.29, 1.82) is 0 Å². The first-order valence-electron chi connectivity index (χ1n) is 7.26. The Kier molecular flexibility index (Phi) is 4.90. The standard InChI is InChI=1S/C16H24N4/c1-5-8-20-16(18-11-19-20)10-15(17-4)14-9-12(2)6-7-13(14)3/h6-7,9,11,15,17H,5,8,10H2,1-4H3. The molecule has 0 saturated heterocycles. The van der Waals surface area contributed by atoms with Crippen LogP contribution in [0.1, 0.15) is 41.9 Å². The Morgan fingerprint density at radius 2 is 2.10 bits per heavy atom. The molecule has 1 aromatic carbocycles. The molecule has 1 N–H and O–H groups in total. The van der Waals surface area contributed by atoms with E-state index < -0.39 is 0 Å². The smallest absolute Gasteiger partial charge is 0.138 e. The fourth-order valence-corrected chi connectivity index (χ4v) is 2.53. The molecule has 0 radical (unpaired) electrons. The minimum Gasteiger partial charge on any atom is -0.313 e. The van der Waals surface area contributed by atoms with Gasteiger partial charge in [-0.15, -0.1) is 0 Å². The second-order valence-electron chi connectivity index (χ2n) is 5.30. The van der Waals surface area contributed by atoms with E-state index in [4.69, 9.17) is 0 Å². The Labute approximate surface area is 121 Å². The lowest BCUT2D eigenvalue weighted by atomic mass is 9.96. The van der Waals surface area contributed by atoms with Crippen molar-refractivity contribution in [2.24, 2.45) is 0 Å². The van der Waals surface area contributed by atoms with Crippen molar-refractivity contribution in [3.8, 4) is 0 Å². The molecule has 4 heteroatoms. The summed E-state index contributed by atoms with van der Waals surface area (Å²) in [7, 11) is 2.01. The highest BCUT2D eigenvalue weighted by Gasteiger charge is 2.16. The molecule has 0 fully saturated rings. The second kappa shape index (κ2) is 6.66. The highest BCUT2D eigenvalue weighted by Crippen LogP contribution is 2.22. The minimum absolute atomic E-state index is 0.273. The van der Waals surface area contributed by atoms with Gasteiger partial charge < -0.3 is 5.32 Å². The van der Waals surface area contributed by atoms with Gasteiger partial charge in [0.2, 0.25) is 0 Å². The quantitative estimate of drug-likeness (QED) is 0.879. The molecule has 1 heterocycles. The van der Waals surface area contributed by atoms with Crippen molar-refractivity contribution >= 4 is 0 Å². The maximum Gasteiger partial charge on any atom is 0.138 e. The van der Waals surface area contributed by atoms with Crippen LogP contribution in [0.2, 0.25) is 0 Å². The summed E-state index contributed by atoms with van der Waals surface area (Å²) in [5, 5.41) is 7.72. The molecule has 0 spiro atoms. The third-order valence-electron chi connectivity index (χ3n) is 3.68. The zero-order valence-corrected chi connectivity index (χ0v) is 12.8. The molecule has 20 heavy (non-hydrogen) atoms. The molecule has 1 atom stereocenters. The number of aromatic nitrogens is 3. The average Bonchev–Trinajstić information content (AvgIpc) is 2.87. The van der Waals surface area contributed by atoms with Crippen molar-refractivity contribution in [3.05, 3.63) is 47.0 Å². The normalized spacial score (nSPS) is 12.6. The molecule has 0 amide bonds. The molecule has 0 aliphatic carbocycles. The molecule has 2 aromatic rings. The lowest BCUT2D eigenvalue weighted by Gasteiger charge is -2.19. The summed E-state index contributed by atoms with van der Waals surface area (Å²) in [5.41, 5.74) is 3.95. The van der Waals surface area contributed by atoms with Gasteiger partial charge in [-0.1, -0.05) is 30.7 Å². The van der Waals surface area contributed by atoms with Crippen molar-refractivity contribution in [1.82, 2.24) is 20.1 Å². The van der Waals surface area contributed by atoms with Crippen LogP contribution in [0.3, 0.4) is 0 Å². The number of likely N-dealkylation sites (N-methyl/N-ethyl adjacent to an activating group) is 1. The van der Waals surface area contributed by atoms with Gasteiger partial charge in [-0.05, 0) is 38.4 Å². The fraction of sp³-hybridized carbons (Fsp3) is 0.500. The average molecular weight is 272 g/mol. The predicted octanol–water partition coefficient (Wildman–Crippen LogP) is 2.81. The summed E-state index contributed by atoms with van der Waals surface area (Å²) in [6.07, 6.45) is 3.59. The summed E-state index contributed by atoms with van der Waals surface area (Å²) in [6, 6.07) is 6.88. The number of hydrogen-bond donors (Lipinski definition) is 1. The van der Waals surface area contributed by atoms with Crippen LogP contribution in [0.25, 0.3) is 0 Å². The van der Waals surface area contributed by atoms with Crippen molar-refractivity contribution in [3.63, 3.8) is 0 Å². The molecule has 1 aromatic heterocycles. The van der Waals surface area contributed by atoms with Gasteiger partial charge in [-0.3, -0.25) is 4.68 Å². The third-order valence-corrected chi connectivity index (χ3v) is 3.68. The largest absolute Gasteiger partial charge is 0.313 e. The van der Waals surface area contributed by atoms with Crippen molar-refractivity contribution < 1.29 is 0 Å². The highest BCUT2D eigenvalue weighted by molar-refractivity contribution is 5.33. The Balaban J connectivity index is 2.24. The molecular formula is C16H24N4. The second-order valence-corrected chi connectivity index (χ2v) is 5.30. The summed E-state index contributed by atoms with van der Waals surface area (Å²) < 4.78 is 2.01. The SMILES string of the molecule is CCCn1ncnc1CC(NC)c1cc(C)ccc1C. The molecule has 0 aliphatic heterocycles. The lowest BCUT2D eigenvalue weighted by molar-refractivity contribution is 0.515. The first kappa shape index (κ1) is 14.7. The zero-order chi connectivity index (χ0) is 14.5. The summed E-state index contributed by atoms with van der Waals surface area (Å²) in [6.45, 7) is 7.38. The van der Waals surface area contributed by atoms with Crippen LogP contribution in [0.4, 0.5) is 0 Å². The monoisotopic (exact) mass is 272 g/mol. The molecule has 1 unspecified atom stereocenters. The summed E-state index contributed by atoms with van der Waals surface area (Å²) >= 11 is 0. The lowest BCUT2D eigenvalue weighted by Crippen LogP contribution is -2.22. The zero-order valence-electron chi connectivity index (χ0n) is 12.8. The molecule has 4 nitrogen and oxygen atoms in total. The van der Waals surface area contributed by atoms with Gasteiger partial charge >= 0.3 is 0 Å². The topological polar surface area (TPSA) is 42.7 Å². The van der Waals surface area contributed by atoms with E-state index >= 15 is 0 Å². The van der Waals surface area contributed by atoms with Crippen molar-refractivity contribution in [2.75, 3.05) is 7.05 Å². The minimum atomic E-state index is 0.273. The third kappa shape index (κ3) is 3.25. The Bertz CT molecular complexity index is 559. The molecule has 2 rings (SSSR count). The number of nitrogens with zero attached hydrogens (tertiary/aromatic N) is 3. The van der Waals surface area contributed by atoms with E-state index in [1.807, 2.05) is 11.7 Å². The van der Waals surface area contributed by atoms with E-state index in [1.54, 1.807) is 6.33 Å². The van der Waals surface area contributed by atoms with Crippen LogP contribution >= 0.6 is 0 Å². The van der Waals surface area contributed by atoms with Crippen LogP contribution < -0.4 is 5.32 Å². The van der Waals surface area contributed by atoms with Crippen LogP contribution in [0, 0.1) is 13.8 Å². The maximum atomic E-state index is 4.41. The number of aryl methyl sites for hydroxylation is 3. The Morgan fingerprint density at radius 3 is 2.80 bits per heavy atom. The molecule has 0 bridgehead atoms. The van der Waals surface area contributed by atoms with Gasteiger partial charge in [0.15, 0.2) is 0 Å². The van der Waals surface area contributed by atoms with Crippen LogP contribution in [0.5, 0.6) is 0 Å². The van der Waals surface area contributed by atoms with Crippen molar-refractivity contribution in [2.45, 2.75) is 46.2 Å². The van der Waals surface area contributed by atoms with Gasteiger partial charge in [0.05, 0.1) is 0 Å². The molecular weight excluding hydrogens is 248 g/mol. The van der Waals surface area contributed by atoms with Crippen LogP contribution in [-0.2, 0) is 13.0 Å². The fourth-order valence-electron chi connectivity index (χ4n) is 2.53. The first-order valence-corrected chi connectivity index (χ1v) is 7.26. The predicted molar refractivity (Wildman–Crippen MR) is 81.7 cm³/mol. The van der Waals surface area contributed by atoms with Crippen LogP contribution in [0.15, 0.2) is 24.5 Å². The summed E-state index contributed by atoms with van der Waals surface area (Å²) in [4.78, 5) is 4.41. The number of nitrogens with one attached hydrogen (secondary N) is 1. The molecule has 0 saturated carbocycles. The van der Waals surface area contributed by atoms with E-state index in [1.165, 1.54) is 16.7 Å². The molecule has 0 aliphatic rings. The van der Waals surface area contributed by atoms with E-state index in [0.717, 1.165) is 25.2 Å². The summed E-state index contributed by atoms with van der Waals surface area (Å²) in [5.74, 6) is 1.05. The van der Waals surface area contributed by atoms with E-state index in [0.29, 0.717) is 0 Å². The van der Waals surface area contributed by atoms with Crippen LogP contribution in [-0.4, -0.2) is 21.8 Å².